The summed E-state index contributed by atoms with van der Waals surface area (Å²) in [6.45, 7) is 1.20. The molecule has 1 fully saturated rings. The number of rotatable bonds is 5. The number of hydrogen-bond donors (Lipinski definition) is 1. The largest absolute Gasteiger partial charge is 0.376 e. The number of hydrogen-bond acceptors (Lipinski definition) is 4. The van der Waals surface area contributed by atoms with Crippen LogP contribution in [0, 0.1) is 11.6 Å². The fourth-order valence-electron chi connectivity index (χ4n) is 2.62. The van der Waals surface area contributed by atoms with Gasteiger partial charge >= 0.3 is 0 Å². The lowest BCUT2D eigenvalue weighted by atomic mass is 10.1. The Morgan fingerprint density at radius 1 is 1.29 bits per heavy atom. The molecule has 0 amide bonds. The molecule has 1 aliphatic heterocycles. The third-order valence-corrected chi connectivity index (χ3v) is 5.17. The van der Waals surface area contributed by atoms with Gasteiger partial charge in [0.2, 0.25) is 0 Å². The van der Waals surface area contributed by atoms with Gasteiger partial charge < -0.3 is 4.74 Å². The summed E-state index contributed by atoms with van der Waals surface area (Å²) in [4.78, 5) is -1.01. The number of ether oxygens (including phenoxy) is 1. The fraction of sp³-hybridized carbons (Fsp3) is 0.400. The Balaban J connectivity index is 1.74. The molecule has 9 heteroatoms. The van der Waals surface area contributed by atoms with E-state index in [0.29, 0.717) is 13.2 Å². The Labute approximate surface area is 138 Å². The predicted octanol–water partition coefficient (Wildman–Crippen LogP) is 2.53. The maximum atomic E-state index is 13.7. The van der Waals surface area contributed by atoms with Gasteiger partial charge in [0.15, 0.2) is 4.90 Å². The lowest BCUT2D eigenvalue weighted by Crippen LogP contribution is -2.24. The van der Waals surface area contributed by atoms with Crippen LogP contribution in [-0.4, -0.2) is 30.9 Å². The maximum Gasteiger partial charge on any atom is 0.267 e. The summed E-state index contributed by atoms with van der Waals surface area (Å²) in [5, 5.41) is 4.06. The monoisotopic (exact) mass is 357 g/mol. The van der Waals surface area contributed by atoms with Crippen molar-refractivity contribution in [3.05, 3.63) is 42.2 Å². The second kappa shape index (κ2) is 6.86. The lowest BCUT2D eigenvalue weighted by molar-refractivity contribution is 0.00401. The minimum absolute atomic E-state index is 0.0344. The zero-order chi connectivity index (χ0) is 17.2. The second-order valence-electron chi connectivity index (χ2n) is 5.60. The highest BCUT2D eigenvalue weighted by atomic mass is 32.2. The molecule has 1 aromatic carbocycles. The number of aromatic nitrogens is 2. The first-order chi connectivity index (χ1) is 11.5. The average Bonchev–Trinajstić information content (AvgIpc) is 2.94. The Hall–Kier alpha value is -2.00. The molecular formula is C15H17F2N3O3S. The number of benzene rings is 1. The molecule has 0 bridgehead atoms. The van der Waals surface area contributed by atoms with Gasteiger partial charge in [0.05, 0.1) is 24.5 Å². The number of sulfonamides is 1. The highest BCUT2D eigenvalue weighted by molar-refractivity contribution is 7.92. The molecule has 1 atom stereocenters. The second-order valence-corrected chi connectivity index (χ2v) is 7.22. The van der Waals surface area contributed by atoms with Crippen molar-refractivity contribution in [1.29, 1.82) is 0 Å². The van der Waals surface area contributed by atoms with E-state index < -0.39 is 26.6 Å². The molecule has 1 unspecified atom stereocenters. The standard InChI is InChI=1S/C15H17F2N3O3S/c16-13-5-3-6-14(17)15(13)24(21,22)19-11-8-18-20(9-11)10-12-4-1-2-7-23-12/h3,5-6,8-9,12,19H,1-2,4,7,10H2. The van der Waals surface area contributed by atoms with Crippen molar-refractivity contribution in [3.8, 4) is 0 Å². The van der Waals surface area contributed by atoms with E-state index in [1.54, 1.807) is 4.68 Å². The van der Waals surface area contributed by atoms with Gasteiger partial charge in [-0.2, -0.15) is 5.10 Å². The maximum absolute atomic E-state index is 13.7. The van der Waals surface area contributed by atoms with Gasteiger partial charge in [-0.05, 0) is 31.4 Å². The van der Waals surface area contributed by atoms with Crippen molar-refractivity contribution in [2.75, 3.05) is 11.3 Å². The van der Waals surface area contributed by atoms with E-state index in [0.717, 1.165) is 37.5 Å². The third-order valence-electron chi connectivity index (χ3n) is 3.74. The quantitative estimate of drug-likeness (QED) is 0.892. The normalized spacial score (nSPS) is 18.5. The summed E-state index contributed by atoms with van der Waals surface area (Å²) in [6.07, 6.45) is 5.83. The van der Waals surface area contributed by atoms with Crippen LogP contribution in [0.3, 0.4) is 0 Å². The van der Waals surface area contributed by atoms with Crippen LogP contribution in [0.25, 0.3) is 0 Å². The van der Waals surface area contributed by atoms with Crippen LogP contribution in [-0.2, 0) is 21.3 Å². The zero-order valence-electron chi connectivity index (χ0n) is 12.8. The molecule has 130 valence electrons. The Morgan fingerprint density at radius 2 is 2.04 bits per heavy atom. The summed E-state index contributed by atoms with van der Waals surface area (Å²) < 4.78 is 61.0. The molecule has 1 aromatic heterocycles. The first-order valence-corrected chi connectivity index (χ1v) is 9.05. The van der Waals surface area contributed by atoms with Gasteiger partial charge in [-0.3, -0.25) is 9.40 Å². The van der Waals surface area contributed by atoms with Crippen LogP contribution in [0.15, 0.2) is 35.5 Å². The van der Waals surface area contributed by atoms with Gasteiger partial charge in [0, 0.05) is 12.8 Å². The molecule has 1 N–H and O–H groups in total. The summed E-state index contributed by atoms with van der Waals surface area (Å²) in [7, 11) is -4.38. The van der Waals surface area contributed by atoms with Gasteiger partial charge in [-0.25, -0.2) is 17.2 Å². The minimum atomic E-state index is -4.38. The van der Waals surface area contributed by atoms with E-state index in [1.165, 1.54) is 12.4 Å². The molecule has 2 heterocycles. The highest BCUT2D eigenvalue weighted by Crippen LogP contribution is 2.22. The van der Waals surface area contributed by atoms with Crippen LogP contribution in [0.1, 0.15) is 19.3 Å². The summed E-state index contributed by atoms with van der Waals surface area (Å²) >= 11 is 0. The van der Waals surface area contributed by atoms with Crippen LogP contribution in [0.4, 0.5) is 14.5 Å². The van der Waals surface area contributed by atoms with Crippen LogP contribution < -0.4 is 4.72 Å². The van der Waals surface area contributed by atoms with E-state index in [2.05, 4.69) is 9.82 Å². The average molecular weight is 357 g/mol. The molecule has 1 aliphatic rings. The summed E-state index contributed by atoms with van der Waals surface area (Å²) in [5.41, 5.74) is 0.133. The van der Waals surface area contributed by atoms with Gasteiger partial charge in [0.25, 0.3) is 10.0 Å². The van der Waals surface area contributed by atoms with Crippen molar-refractivity contribution >= 4 is 15.7 Å². The Bertz CT molecular complexity index is 797. The van der Waals surface area contributed by atoms with Gasteiger partial charge in [-0.15, -0.1) is 0 Å². The van der Waals surface area contributed by atoms with Gasteiger partial charge in [-0.1, -0.05) is 6.07 Å². The number of halogens is 2. The van der Waals surface area contributed by atoms with Crippen molar-refractivity contribution in [2.45, 2.75) is 36.8 Å². The van der Waals surface area contributed by atoms with Crippen LogP contribution >= 0.6 is 0 Å². The first kappa shape index (κ1) is 16.8. The molecule has 3 rings (SSSR count). The summed E-state index contributed by atoms with van der Waals surface area (Å²) in [5.74, 6) is -2.30. The molecule has 0 aliphatic carbocycles. The van der Waals surface area contributed by atoms with Crippen LogP contribution in [0.2, 0.25) is 0 Å². The first-order valence-electron chi connectivity index (χ1n) is 7.56. The number of anilines is 1. The van der Waals surface area contributed by atoms with Crippen molar-refractivity contribution < 1.29 is 21.9 Å². The lowest BCUT2D eigenvalue weighted by Gasteiger charge is -2.22. The SMILES string of the molecule is O=S(=O)(Nc1cnn(CC2CCCCO2)c1)c1c(F)cccc1F. The minimum Gasteiger partial charge on any atom is -0.376 e. The van der Waals surface area contributed by atoms with Crippen molar-refractivity contribution in [2.24, 2.45) is 0 Å². The number of nitrogens with one attached hydrogen (secondary N) is 1. The van der Waals surface area contributed by atoms with Crippen LogP contribution in [0.5, 0.6) is 0 Å². The molecule has 0 radical (unpaired) electrons. The highest BCUT2D eigenvalue weighted by Gasteiger charge is 2.24. The molecule has 6 nitrogen and oxygen atoms in total. The van der Waals surface area contributed by atoms with E-state index in [4.69, 9.17) is 4.74 Å². The fourth-order valence-corrected chi connectivity index (χ4v) is 3.79. The van der Waals surface area contributed by atoms with E-state index >= 15 is 0 Å². The molecular weight excluding hydrogens is 340 g/mol. The Kier molecular flexibility index (Phi) is 4.81. The predicted molar refractivity (Wildman–Crippen MR) is 83.0 cm³/mol. The van der Waals surface area contributed by atoms with E-state index in [9.17, 15) is 17.2 Å². The van der Waals surface area contributed by atoms with Gasteiger partial charge in [0.1, 0.15) is 11.6 Å². The molecule has 24 heavy (non-hydrogen) atoms. The van der Waals surface area contributed by atoms with E-state index in [-0.39, 0.29) is 11.8 Å². The third kappa shape index (κ3) is 3.73. The molecule has 0 spiro atoms. The van der Waals surface area contributed by atoms with E-state index in [1.807, 2.05) is 0 Å². The van der Waals surface area contributed by atoms with Crippen molar-refractivity contribution in [3.63, 3.8) is 0 Å². The van der Waals surface area contributed by atoms with Crippen molar-refractivity contribution in [1.82, 2.24) is 9.78 Å². The topological polar surface area (TPSA) is 73.2 Å². The molecule has 2 aromatic rings. The summed E-state index contributed by atoms with van der Waals surface area (Å²) in [6, 6.07) is 2.88. The Morgan fingerprint density at radius 3 is 2.71 bits per heavy atom. The number of nitrogens with zero attached hydrogens (tertiary/aromatic N) is 2. The molecule has 0 saturated carbocycles. The zero-order valence-corrected chi connectivity index (χ0v) is 13.6. The molecule has 1 saturated heterocycles. The smallest absolute Gasteiger partial charge is 0.267 e.